The molecule has 1 aliphatic rings. The van der Waals surface area contributed by atoms with Crippen LogP contribution in [-0.4, -0.2) is 24.6 Å². The van der Waals surface area contributed by atoms with Crippen molar-refractivity contribution < 1.29 is 4.42 Å². The summed E-state index contributed by atoms with van der Waals surface area (Å²) >= 11 is 0. The topological polar surface area (TPSA) is 50.1 Å². The number of aromatic nitrogens is 1. The fourth-order valence-electron chi connectivity index (χ4n) is 3.79. The molecular weight excluding hydrogens is 322 g/mol. The number of aryl methyl sites for hydroxylation is 1. The van der Waals surface area contributed by atoms with E-state index in [9.17, 15) is 0 Å². The predicted molar refractivity (Wildman–Crippen MR) is 110 cm³/mol. The molecule has 2 N–H and O–H groups in total. The van der Waals surface area contributed by atoms with Crippen LogP contribution < -0.4 is 10.6 Å². The average molecular weight is 358 g/mol. The summed E-state index contributed by atoms with van der Waals surface area (Å²) in [5.74, 6) is 0.683. The van der Waals surface area contributed by atoms with Gasteiger partial charge in [-0.05, 0) is 56.0 Å². The van der Waals surface area contributed by atoms with Crippen molar-refractivity contribution >= 4 is 17.1 Å². The summed E-state index contributed by atoms with van der Waals surface area (Å²) in [6.45, 7) is 5.43. The van der Waals surface area contributed by atoms with E-state index < -0.39 is 0 Å². The molecule has 1 atom stereocenters. The molecule has 0 bridgehead atoms. The highest BCUT2D eigenvalue weighted by molar-refractivity contribution is 5.75. The molecule has 144 valence electrons. The number of benzene rings is 1. The molecule has 1 aromatic carbocycles. The number of hydrogen-bond acceptors (Lipinski definition) is 4. The fourth-order valence-corrected chi connectivity index (χ4v) is 3.79. The maximum atomic E-state index is 5.83. The van der Waals surface area contributed by atoms with Crippen LogP contribution in [0.1, 0.15) is 70.3 Å². The van der Waals surface area contributed by atoms with E-state index in [-0.39, 0.29) is 0 Å². The van der Waals surface area contributed by atoms with Crippen molar-refractivity contribution in [3.63, 3.8) is 0 Å². The van der Waals surface area contributed by atoms with Crippen molar-refractivity contribution in [2.75, 3.05) is 25.0 Å². The molecule has 1 fully saturated rings. The Kier molecular flexibility index (Phi) is 7.81. The Morgan fingerprint density at radius 2 is 1.92 bits per heavy atom. The van der Waals surface area contributed by atoms with Gasteiger partial charge in [-0.25, -0.2) is 0 Å². The van der Waals surface area contributed by atoms with Crippen LogP contribution in [0, 0.1) is 5.92 Å². The molecule has 3 rings (SSSR count). The molecule has 1 saturated heterocycles. The molecule has 4 nitrogen and oxygen atoms in total. The minimum atomic E-state index is 0.663. The van der Waals surface area contributed by atoms with Crippen molar-refractivity contribution in [2.24, 2.45) is 5.92 Å². The first-order valence-electron chi connectivity index (χ1n) is 10.7. The number of oxazole rings is 1. The second-order valence-electron chi connectivity index (χ2n) is 7.79. The molecule has 4 heteroatoms. The third-order valence-electron chi connectivity index (χ3n) is 5.48. The molecule has 0 radical (unpaired) electrons. The van der Waals surface area contributed by atoms with Crippen LogP contribution in [0.15, 0.2) is 22.6 Å². The van der Waals surface area contributed by atoms with Crippen LogP contribution in [0.25, 0.3) is 11.1 Å². The molecule has 0 saturated carbocycles. The van der Waals surface area contributed by atoms with Gasteiger partial charge < -0.3 is 15.1 Å². The van der Waals surface area contributed by atoms with Crippen LogP contribution in [-0.2, 0) is 6.42 Å². The number of hydrogen-bond donors (Lipinski definition) is 2. The Hall–Kier alpha value is -1.55. The first-order chi connectivity index (χ1) is 12.8. The molecule has 2 aromatic rings. The number of unbranched alkanes of at least 4 members (excludes halogenated alkanes) is 7. The lowest BCUT2D eigenvalue weighted by Crippen LogP contribution is -2.17. The maximum Gasteiger partial charge on any atom is 0.295 e. The number of anilines is 1. The summed E-state index contributed by atoms with van der Waals surface area (Å²) in [6.07, 6.45) is 13.3. The van der Waals surface area contributed by atoms with Gasteiger partial charge in [0.1, 0.15) is 5.52 Å². The van der Waals surface area contributed by atoms with E-state index in [0.717, 1.165) is 37.2 Å². The van der Waals surface area contributed by atoms with Crippen molar-refractivity contribution in [1.82, 2.24) is 10.3 Å². The van der Waals surface area contributed by atoms with E-state index in [0.29, 0.717) is 11.9 Å². The SMILES string of the molecule is CCCCCCCCCCc1ccc2oc(NCC3CCNC3)nc2c1. The third kappa shape index (κ3) is 6.01. The Morgan fingerprint density at radius 3 is 2.69 bits per heavy atom. The van der Waals surface area contributed by atoms with Gasteiger partial charge in [0.05, 0.1) is 0 Å². The van der Waals surface area contributed by atoms with Crippen LogP contribution >= 0.6 is 0 Å². The Bertz CT molecular complexity index is 646. The summed E-state index contributed by atoms with van der Waals surface area (Å²) in [5, 5.41) is 6.75. The summed E-state index contributed by atoms with van der Waals surface area (Å²) in [4.78, 5) is 4.62. The lowest BCUT2D eigenvalue weighted by Gasteiger charge is -2.07. The van der Waals surface area contributed by atoms with Gasteiger partial charge in [0, 0.05) is 6.54 Å². The first kappa shape index (κ1) is 19.2. The maximum absolute atomic E-state index is 5.83. The largest absolute Gasteiger partial charge is 0.424 e. The minimum absolute atomic E-state index is 0.663. The van der Waals surface area contributed by atoms with Gasteiger partial charge in [-0.3, -0.25) is 0 Å². The van der Waals surface area contributed by atoms with Gasteiger partial charge in [-0.1, -0.05) is 57.9 Å². The van der Waals surface area contributed by atoms with Gasteiger partial charge in [0.2, 0.25) is 0 Å². The Morgan fingerprint density at radius 1 is 1.12 bits per heavy atom. The monoisotopic (exact) mass is 357 g/mol. The molecule has 1 aliphatic heterocycles. The molecular formula is C22H35N3O. The van der Waals surface area contributed by atoms with E-state index in [1.54, 1.807) is 0 Å². The molecule has 26 heavy (non-hydrogen) atoms. The zero-order chi connectivity index (χ0) is 18.0. The summed E-state index contributed by atoms with van der Waals surface area (Å²) < 4.78 is 5.83. The average Bonchev–Trinajstić information content (AvgIpc) is 3.30. The smallest absolute Gasteiger partial charge is 0.295 e. The number of nitrogens with one attached hydrogen (secondary N) is 2. The number of fused-ring (bicyclic) bond motifs is 1. The first-order valence-corrected chi connectivity index (χ1v) is 10.7. The van der Waals surface area contributed by atoms with Crippen molar-refractivity contribution in [3.05, 3.63) is 23.8 Å². The molecule has 2 heterocycles. The highest BCUT2D eigenvalue weighted by Gasteiger charge is 2.15. The lowest BCUT2D eigenvalue weighted by molar-refractivity contribution is 0.573. The summed E-state index contributed by atoms with van der Waals surface area (Å²) in [6, 6.07) is 7.13. The van der Waals surface area contributed by atoms with E-state index in [1.807, 2.05) is 0 Å². The third-order valence-corrected chi connectivity index (χ3v) is 5.48. The Balaban J connectivity index is 1.39. The highest BCUT2D eigenvalue weighted by atomic mass is 16.4. The zero-order valence-corrected chi connectivity index (χ0v) is 16.4. The molecule has 0 amide bonds. The van der Waals surface area contributed by atoms with Crippen molar-refractivity contribution in [1.29, 1.82) is 0 Å². The minimum Gasteiger partial charge on any atom is -0.424 e. The predicted octanol–water partition coefficient (Wildman–Crippen LogP) is 5.53. The normalized spacial score (nSPS) is 17.2. The molecule has 0 spiro atoms. The van der Waals surface area contributed by atoms with E-state index in [4.69, 9.17) is 4.42 Å². The quantitative estimate of drug-likeness (QED) is 0.490. The molecule has 1 aromatic heterocycles. The second-order valence-corrected chi connectivity index (χ2v) is 7.79. The van der Waals surface area contributed by atoms with Crippen molar-refractivity contribution in [3.8, 4) is 0 Å². The second kappa shape index (κ2) is 10.6. The van der Waals surface area contributed by atoms with E-state index >= 15 is 0 Å². The highest BCUT2D eigenvalue weighted by Crippen LogP contribution is 2.22. The van der Waals surface area contributed by atoms with Gasteiger partial charge in [0.25, 0.3) is 6.01 Å². The van der Waals surface area contributed by atoms with Crippen LogP contribution in [0.5, 0.6) is 0 Å². The van der Waals surface area contributed by atoms with Gasteiger partial charge in [-0.2, -0.15) is 4.98 Å². The summed E-state index contributed by atoms with van der Waals surface area (Å²) in [5.41, 5.74) is 3.24. The van der Waals surface area contributed by atoms with Gasteiger partial charge >= 0.3 is 0 Å². The standard InChI is InChI=1S/C22H35N3O/c1-2-3-4-5-6-7-8-9-10-18-11-12-21-20(15-18)25-22(26-21)24-17-19-13-14-23-16-19/h11-12,15,19,23H,2-10,13-14,16-17H2,1H3,(H,24,25). The zero-order valence-electron chi connectivity index (χ0n) is 16.4. The van der Waals surface area contributed by atoms with Crippen LogP contribution in [0.4, 0.5) is 6.01 Å². The van der Waals surface area contributed by atoms with E-state index in [1.165, 1.54) is 63.4 Å². The number of rotatable bonds is 12. The van der Waals surface area contributed by atoms with Gasteiger partial charge in [0.15, 0.2) is 5.58 Å². The Labute approximate surface area is 158 Å². The summed E-state index contributed by atoms with van der Waals surface area (Å²) in [7, 11) is 0. The molecule has 1 unspecified atom stereocenters. The van der Waals surface area contributed by atoms with Gasteiger partial charge in [-0.15, -0.1) is 0 Å². The van der Waals surface area contributed by atoms with Crippen LogP contribution in [0.2, 0.25) is 0 Å². The fraction of sp³-hybridized carbons (Fsp3) is 0.682. The van der Waals surface area contributed by atoms with Crippen molar-refractivity contribution in [2.45, 2.75) is 71.1 Å². The molecule has 0 aliphatic carbocycles. The van der Waals surface area contributed by atoms with E-state index in [2.05, 4.69) is 40.7 Å². The lowest BCUT2D eigenvalue weighted by atomic mass is 10.0. The number of nitrogens with zero attached hydrogens (tertiary/aromatic N) is 1. The van der Waals surface area contributed by atoms with Crippen LogP contribution in [0.3, 0.4) is 0 Å².